The summed E-state index contributed by atoms with van der Waals surface area (Å²) in [6, 6.07) is 13.8. The number of hydrogen-bond acceptors (Lipinski definition) is 7. The highest BCUT2D eigenvalue weighted by Gasteiger charge is 2.04. The van der Waals surface area contributed by atoms with Crippen LogP contribution in [0.2, 0.25) is 0 Å². The van der Waals surface area contributed by atoms with Gasteiger partial charge in [-0.2, -0.15) is 0 Å². The van der Waals surface area contributed by atoms with Gasteiger partial charge in [-0.3, -0.25) is 14.6 Å². The van der Waals surface area contributed by atoms with E-state index in [1.54, 1.807) is 36.4 Å². The molecule has 9 heteroatoms. The largest absolute Gasteiger partial charge is 0.478 e. The number of nitrogens with one attached hydrogen (secondary N) is 1. The first-order valence-electron chi connectivity index (χ1n) is 9.73. The second-order valence-electron chi connectivity index (χ2n) is 7.11. The van der Waals surface area contributed by atoms with E-state index in [9.17, 15) is 9.59 Å². The summed E-state index contributed by atoms with van der Waals surface area (Å²) in [4.78, 5) is 25.7. The first kappa shape index (κ1) is 28.2. The van der Waals surface area contributed by atoms with Crippen LogP contribution in [0.4, 0.5) is 0 Å². The molecule has 2 rings (SSSR count). The van der Waals surface area contributed by atoms with E-state index in [-0.39, 0.29) is 5.91 Å². The molecule has 31 heavy (non-hydrogen) atoms. The molecule has 0 heterocycles. The molecular formula is C22H36N6O3. The van der Waals surface area contributed by atoms with Crippen molar-refractivity contribution in [3.63, 3.8) is 0 Å². The Kier molecular flexibility index (Phi) is 14.5. The van der Waals surface area contributed by atoms with Crippen LogP contribution in [0.25, 0.3) is 0 Å². The quantitative estimate of drug-likeness (QED) is 0.401. The highest BCUT2D eigenvalue weighted by Crippen LogP contribution is 2.04. The van der Waals surface area contributed by atoms with E-state index < -0.39 is 5.97 Å². The molecule has 0 fully saturated rings. The van der Waals surface area contributed by atoms with Gasteiger partial charge in [0, 0.05) is 25.3 Å². The Morgan fingerprint density at radius 1 is 0.774 bits per heavy atom. The standard InChI is InChI=1S/C11H17N3O.C8H9NO2.C3H10N2/c1-14(2)8-13-11(15)10-5-3-9(7-12)4-6-10;9-5-6-1-3-7(4-2-6)8(10)11;1-5(2)3-4/h3-6H,7-8,12H2,1-2H3,(H,13,15);1-4H,5,9H2,(H,10,11);3-4H2,1-2H3. The minimum absolute atomic E-state index is 0.0627. The number of carboxylic acid groups (broad SMARTS) is 1. The Balaban J connectivity index is 0.000000492. The molecule has 0 saturated heterocycles. The van der Waals surface area contributed by atoms with Gasteiger partial charge in [0.15, 0.2) is 0 Å². The first-order valence-corrected chi connectivity index (χ1v) is 9.73. The van der Waals surface area contributed by atoms with Crippen LogP contribution in [0.3, 0.4) is 0 Å². The predicted molar refractivity (Wildman–Crippen MR) is 124 cm³/mol. The van der Waals surface area contributed by atoms with Gasteiger partial charge in [0.2, 0.25) is 0 Å². The number of carbonyl (C=O) groups excluding carboxylic acids is 1. The van der Waals surface area contributed by atoms with Crippen LogP contribution in [0, 0.1) is 0 Å². The van der Waals surface area contributed by atoms with Crippen molar-refractivity contribution in [2.45, 2.75) is 13.1 Å². The molecule has 0 bridgehead atoms. The summed E-state index contributed by atoms with van der Waals surface area (Å²) >= 11 is 0. The van der Waals surface area contributed by atoms with Gasteiger partial charge < -0.3 is 27.6 Å². The van der Waals surface area contributed by atoms with Crippen molar-refractivity contribution in [1.82, 2.24) is 15.1 Å². The lowest BCUT2D eigenvalue weighted by Crippen LogP contribution is -2.33. The Hall–Kier alpha value is -2.82. The summed E-state index contributed by atoms with van der Waals surface area (Å²) in [7, 11) is 7.66. The summed E-state index contributed by atoms with van der Waals surface area (Å²) in [6.45, 7) is 2.12. The minimum Gasteiger partial charge on any atom is -0.478 e. The van der Waals surface area contributed by atoms with Crippen molar-refractivity contribution in [2.24, 2.45) is 17.2 Å². The maximum atomic E-state index is 11.6. The van der Waals surface area contributed by atoms with Crippen LogP contribution in [0.1, 0.15) is 31.8 Å². The van der Waals surface area contributed by atoms with Gasteiger partial charge in [-0.25, -0.2) is 4.79 Å². The molecule has 0 aromatic heterocycles. The average Bonchev–Trinajstić information content (AvgIpc) is 2.78. The van der Waals surface area contributed by atoms with Crippen molar-refractivity contribution in [1.29, 1.82) is 0 Å². The number of nitrogens with two attached hydrogens (primary N) is 3. The molecule has 0 aliphatic heterocycles. The zero-order valence-electron chi connectivity index (χ0n) is 18.8. The van der Waals surface area contributed by atoms with E-state index in [1.807, 2.05) is 50.1 Å². The molecule has 0 radical (unpaired) electrons. The van der Waals surface area contributed by atoms with Crippen LogP contribution < -0.4 is 22.5 Å². The SMILES string of the molecule is CN(C)CN.CN(C)CNC(=O)c1ccc(CN)cc1.NCc1ccc(C(=O)O)cc1. The van der Waals surface area contributed by atoms with Gasteiger partial charge in [0.1, 0.15) is 0 Å². The van der Waals surface area contributed by atoms with Crippen LogP contribution >= 0.6 is 0 Å². The van der Waals surface area contributed by atoms with Gasteiger partial charge in [-0.05, 0) is 63.6 Å². The fourth-order valence-corrected chi connectivity index (χ4v) is 1.91. The number of carbonyl (C=O) groups is 2. The molecule has 0 unspecified atom stereocenters. The molecule has 0 saturated carbocycles. The van der Waals surface area contributed by atoms with E-state index in [1.165, 1.54) is 0 Å². The number of hydrogen-bond donors (Lipinski definition) is 5. The predicted octanol–water partition coefficient (Wildman–Crippen LogP) is 0.702. The number of amides is 1. The van der Waals surface area contributed by atoms with E-state index in [4.69, 9.17) is 22.3 Å². The molecule has 9 nitrogen and oxygen atoms in total. The smallest absolute Gasteiger partial charge is 0.335 e. The molecule has 172 valence electrons. The third-order valence-electron chi connectivity index (χ3n) is 3.81. The van der Waals surface area contributed by atoms with Crippen LogP contribution in [0.5, 0.6) is 0 Å². The summed E-state index contributed by atoms with van der Waals surface area (Å²) < 4.78 is 0. The lowest BCUT2D eigenvalue weighted by atomic mass is 10.1. The monoisotopic (exact) mass is 432 g/mol. The second kappa shape index (κ2) is 15.9. The first-order chi connectivity index (χ1) is 14.6. The van der Waals surface area contributed by atoms with Gasteiger partial charge in [-0.1, -0.05) is 24.3 Å². The highest BCUT2D eigenvalue weighted by atomic mass is 16.4. The Bertz CT molecular complexity index is 762. The van der Waals surface area contributed by atoms with Gasteiger partial charge in [0.05, 0.1) is 12.2 Å². The molecule has 8 N–H and O–H groups in total. The van der Waals surface area contributed by atoms with Crippen molar-refractivity contribution in [3.8, 4) is 0 Å². The van der Waals surface area contributed by atoms with E-state index in [0.29, 0.717) is 37.6 Å². The summed E-state index contributed by atoms with van der Waals surface area (Å²) in [5.74, 6) is -0.971. The number of carboxylic acids is 1. The lowest BCUT2D eigenvalue weighted by molar-refractivity contribution is 0.0696. The minimum atomic E-state index is -0.909. The van der Waals surface area contributed by atoms with Gasteiger partial charge >= 0.3 is 5.97 Å². The Labute approximate surface area is 184 Å². The molecule has 2 aromatic carbocycles. The summed E-state index contributed by atoms with van der Waals surface area (Å²) in [5, 5.41) is 11.3. The van der Waals surface area contributed by atoms with Crippen LogP contribution in [-0.2, 0) is 13.1 Å². The molecule has 0 aliphatic carbocycles. The second-order valence-corrected chi connectivity index (χ2v) is 7.11. The Morgan fingerprint density at radius 3 is 1.45 bits per heavy atom. The number of aromatic carboxylic acids is 1. The number of benzene rings is 2. The zero-order valence-corrected chi connectivity index (χ0v) is 18.8. The van der Waals surface area contributed by atoms with Gasteiger partial charge in [-0.15, -0.1) is 0 Å². The number of nitrogens with zero attached hydrogens (tertiary/aromatic N) is 2. The van der Waals surface area contributed by atoms with Crippen molar-refractivity contribution in [2.75, 3.05) is 41.5 Å². The lowest BCUT2D eigenvalue weighted by Gasteiger charge is -2.11. The summed E-state index contributed by atoms with van der Waals surface area (Å²) in [5.41, 5.74) is 18.8. The summed E-state index contributed by atoms with van der Waals surface area (Å²) in [6.07, 6.45) is 0. The van der Waals surface area contributed by atoms with Gasteiger partial charge in [0.25, 0.3) is 5.91 Å². The maximum Gasteiger partial charge on any atom is 0.335 e. The van der Waals surface area contributed by atoms with Crippen LogP contribution in [0.15, 0.2) is 48.5 Å². The van der Waals surface area contributed by atoms with E-state index >= 15 is 0 Å². The maximum absolute atomic E-state index is 11.6. The topological polar surface area (TPSA) is 151 Å². The van der Waals surface area contributed by atoms with Crippen molar-refractivity contribution >= 4 is 11.9 Å². The van der Waals surface area contributed by atoms with Crippen molar-refractivity contribution in [3.05, 3.63) is 70.8 Å². The fraction of sp³-hybridized carbons (Fsp3) is 0.364. The third-order valence-corrected chi connectivity index (χ3v) is 3.81. The molecule has 2 aromatic rings. The van der Waals surface area contributed by atoms with E-state index in [2.05, 4.69) is 5.32 Å². The average molecular weight is 433 g/mol. The highest BCUT2D eigenvalue weighted by molar-refractivity contribution is 5.94. The van der Waals surface area contributed by atoms with E-state index in [0.717, 1.165) is 11.1 Å². The normalized spacial score (nSPS) is 9.97. The molecule has 0 atom stereocenters. The fourth-order valence-electron chi connectivity index (χ4n) is 1.91. The molecule has 1 amide bonds. The molecular weight excluding hydrogens is 396 g/mol. The number of rotatable bonds is 7. The molecule has 0 spiro atoms. The third kappa shape index (κ3) is 13.2. The zero-order chi connectivity index (χ0) is 23.8. The van der Waals surface area contributed by atoms with Crippen molar-refractivity contribution < 1.29 is 14.7 Å². The van der Waals surface area contributed by atoms with Crippen LogP contribution in [-0.4, -0.2) is 68.3 Å². The Morgan fingerprint density at radius 2 is 1.16 bits per heavy atom. The molecule has 0 aliphatic rings.